The van der Waals surface area contributed by atoms with Gasteiger partial charge < -0.3 is 29.7 Å². The second-order valence-electron chi connectivity index (χ2n) is 5.29. The van der Waals surface area contributed by atoms with Crippen LogP contribution in [0.1, 0.15) is 44.2 Å². The number of imidazole rings is 1. The zero-order valence-corrected chi connectivity index (χ0v) is 13.0. The Morgan fingerprint density at radius 1 is 1.70 bits per heavy atom. The van der Waals surface area contributed by atoms with Crippen molar-refractivity contribution >= 4 is 12.3 Å². The zero-order valence-electron chi connectivity index (χ0n) is 13.0. The lowest BCUT2D eigenvalue weighted by Crippen LogP contribution is -2.31. The molecule has 23 heavy (non-hydrogen) atoms. The number of carboxylic acid groups (broad SMARTS) is 1. The number of hydrogen-bond acceptors (Lipinski definition) is 6. The van der Waals surface area contributed by atoms with Crippen LogP contribution in [-0.2, 0) is 9.47 Å². The maximum Gasteiger partial charge on any atom is 0.404 e. The van der Waals surface area contributed by atoms with Crippen LogP contribution in [0.25, 0.3) is 0 Å². The van der Waals surface area contributed by atoms with Crippen molar-refractivity contribution in [3.05, 3.63) is 18.2 Å². The normalized spacial score (nSPS) is 21.2. The standard InChI is InChI=1S/C14H22N4O5/c1-10(23-12-4-2-3-7-22-12)13-15-5-6-18(13)11(9-17-21)8-16-14(19)20/h5-6,9-12,16,21H,2-4,7-8H2,1H3,(H,19,20)/b17-9+. The van der Waals surface area contributed by atoms with Gasteiger partial charge in [-0.1, -0.05) is 5.16 Å². The third-order valence-electron chi connectivity index (χ3n) is 3.61. The second kappa shape index (κ2) is 8.49. The molecule has 0 bridgehead atoms. The number of oxime groups is 1. The molecule has 0 aromatic carbocycles. The van der Waals surface area contributed by atoms with Crippen molar-refractivity contribution in [2.24, 2.45) is 5.16 Å². The summed E-state index contributed by atoms with van der Waals surface area (Å²) in [5, 5.41) is 22.8. The van der Waals surface area contributed by atoms with Crippen molar-refractivity contribution in [1.82, 2.24) is 14.9 Å². The van der Waals surface area contributed by atoms with Gasteiger partial charge in [-0.2, -0.15) is 0 Å². The minimum atomic E-state index is -1.15. The van der Waals surface area contributed by atoms with Crippen LogP contribution >= 0.6 is 0 Å². The van der Waals surface area contributed by atoms with Gasteiger partial charge in [-0.3, -0.25) is 0 Å². The molecule has 0 radical (unpaired) electrons. The lowest BCUT2D eigenvalue weighted by molar-refractivity contribution is -0.188. The molecular formula is C14H22N4O5. The third-order valence-corrected chi connectivity index (χ3v) is 3.61. The van der Waals surface area contributed by atoms with Crippen molar-refractivity contribution in [2.45, 2.75) is 44.6 Å². The number of aromatic nitrogens is 2. The van der Waals surface area contributed by atoms with E-state index in [1.807, 2.05) is 6.92 Å². The molecule has 0 saturated carbocycles. The summed E-state index contributed by atoms with van der Waals surface area (Å²) in [6, 6.07) is -0.507. The van der Waals surface area contributed by atoms with Crippen molar-refractivity contribution in [1.29, 1.82) is 0 Å². The van der Waals surface area contributed by atoms with Crippen molar-refractivity contribution < 1.29 is 24.6 Å². The lowest BCUT2D eigenvalue weighted by atomic mass is 10.2. The summed E-state index contributed by atoms with van der Waals surface area (Å²) in [4.78, 5) is 15.0. The summed E-state index contributed by atoms with van der Waals surface area (Å²) in [5.41, 5.74) is 0. The van der Waals surface area contributed by atoms with Crippen LogP contribution in [0.3, 0.4) is 0 Å². The number of nitrogens with zero attached hydrogens (tertiary/aromatic N) is 3. The van der Waals surface area contributed by atoms with E-state index in [-0.39, 0.29) is 18.9 Å². The van der Waals surface area contributed by atoms with Gasteiger partial charge in [0.2, 0.25) is 0 Å². The largest absolute Gasteiger partial charge is 0.465 e. The third kappa shape index (κ3) is 4.93. The molecule has 1 aliphatic rings. The van der Waals surface area contributed by atoms with Crippen LogP contribution in [0.2, 0.25) is 0 Å². The molecule has 1 aromatic heterocycles. The Labute approximate surface area is 133 Å². The fourth-order valence-corrected chi connectivity index (χ4v) is 2.52. The van der Waals surface area contributed by atoms with Gasteiger partial charge >= 0.3 is 6.09 Å². The molecule has 128 valence electrons. The van der Waals surface area contributed by atoms with Gasteiger partial charge in [0.25, 0.3) is 0 Å². The maximum absolute atomic E-state index is 10.7. The Hall–Kier alpha value is -2.13. The Kier molecular flexibility index (Phi) is 6.36. The molecule has 1 amide bonds. The molecule has 3 N–H and O–H groups in total. The molecule has 9 nitrogen and oxygen atoms in total. The zero-order chi connectivity index (χ0) is 16.7. The smallest absolute Gasteiger partial charge is 0.404 e. The molecule has 0 aliphatic carbocycles. The highest BCUT2D eigenvalue weighted by Gasteiger charge is 2.23. The van der Waals surface area contributed by atoms with Crippen molar-refractivity contribution in [2.75, 3.05) is 13.2 Å². The maximum atomic E-state index is 10.7. The van der Waals surface area contributed by atoms with E-state index in [1.165, 1.54) is 6.21 Å². The van der Waals surface area contributed by atoms with Gasteiger partial charge in [0, 0.05) is 25.5 Å². The van der Waals surface area contributed by atoms with Crippen LogP contribution in [0, 0.1) is 0 Å². The molecule has 1 saturated heterocycles. The molecule has 2 heterocycles. The summed E-state index contributed by atoms with van der Waals surface area (Å²) in [6.45, 7) is 2.60. The molecule has 3 unspecified atom stereocenters. The fraction of sp³-hybridized carbons (Fsp3) is 0.643. The van der Waals surface area contributed by atoms with E-state index in [9.17, 15) is 4.79 Å². The monoisotopic (exact) mass is 326 g/mol. The number of hydrogen-bond donors (Lipinski definition) is 3. The Bertz CT molecular complexity index is 527. The van der Waals surface area contributed by atoms with E-state index < -0.39 is 12.1 Å². The first-order chi connectivity index (χ1) is 11.1. The minimum Gasteiger partial charge on any atom is -0.465 e. The number of nitrogens with one attached hydrogen (secondary N) is 1. The van der Waals surface area contributed by atoms with Crippen LogP contribution in [0.5, 0.6) is 0 Å². The Morgan fingerprint density at radius 2 is 2.52 bits per heavy atom. The predicted octanol–water partition coefficient (Wildman–Crippen LogP) is 1.76. The summed E-state index contributed by atoms with van der Waals surface area (Å²) in [5.74, 6) is 0.608. The number of carbonyl (C=O) groups is 1. The minimum absolute atomic E-state index is 0.0510. The lowest BCUT2D eigenvalue weighted by Gasteiger charge is -2.27. The first-order valence-electron chi connectivity index (χ1n) is 7.56. The van der Waals surface area contributed by atoms with Gasteiger partial charge in [0.15, 0.2) is 6.29 Å². The van der Waals surface area contributed by atoms with Crippen LogP contribution < -0.4 is 5.32 Å². The summed E-state index contributed by atoms with van der Waals surface area (Å²) in [6.07, 6.45) is 5.72. The van der Waals surface area contributed by atoms with Crippen LogP contribution in [0.4, 0.5) is 4.79 Å². The van der Waals surface area contributed by atoms with Crippen LogP contribution in [-0.4, -0.2) is 51.6 Å². The molecule has 3 atom stereocenters. The Balaban J connectivity index is 2.07. The topological polar surface area (TPSA) is 118 Å². The van der Waals surface area contributed by atoms with E-state index >= 15 is 0 Å². The number of amides is 1. The molecule has 0 spiro atoms. The van der Waals surface area contributed by atoms with E-state index in [0.717, 1.165) is 19.3 Å². The first-order valence-corrected chi connectivity index (χ1v) is 7.56. The number of ether oxygens (including phenoxy) is 2. The SMILES string of the molecule is CC(OC1CCCCO1)c1nccn1C(/C=N/O)CNC(=O)O. The molecule has 1 aliphatic heterocycles. The van der Waals surface area contributed by atoms with E-state index in [2.05, 4.69) is 15.5 Å². The van der Waals surface area contributed by atoms with Gasteiger partial charge in [0.1, 0.15) is 11.9 Å². The van der Waals surface area contributed by atoms with Crippen LogP contribution in [0.15, 0.2) is 17.5 Å². The summed E-state index contributed by atoms with van der Waals surface area (Å²) >= 11 is 0. The summed E-state index contributed by atoms with van der Waals surface area (Å²) in [7, 11) is 0. The van der Waals surface area contributed by atoms with Gasteiger partial charge in [-0.25, -0.2) is 9.78 Å². The number of rotatable bonds is 7. The first kappa shape index (κ1) is 17.2. The van der Waals surface area contributed by atoms with E-state index in [0.29, 0.717) is 12.4 Å². The molecule has 2 rings (SSSR count). The Morgan fingerprint density at radius 3 is 3.17 bits per heavy atom. The highest BCUT2D eigenvalue weighted by Crippen LogP contribution is 2.24. The molecule has 1 aromatic rings. The highest BCUT2D eigenvalue weighted by molar-refractivity contribution is 5.67. The van der Waals surface area contributed by atoms with Gasteiger partial charge in [0.05, 0.1) is 12.3 Å². The quantitative estimate of drug-likeness (QED) is 0.399. The van der Waals surface area contributed by atoms with E-state index in [4.69, 9.17) is 19.8 Å². The molecule has 1 fully saturated rings. The predicted molar refractivity (Wildman–Crippen MR) is 80.7 cm³/mol. The van der Waals surface area contributed by atoms with Gasteiger partial charge in [-0.15, -0.1) is 0 Å². The fourth-order valence-electron chi connectivity index (χ4n) is 2.52. The van der Waals surface area contributed by atoms with Crippen molar-refractivity contribution in [3.8, 4) is 0 Å². The highest BCUT2D eigenvalue weighted by atomic mass is 16.7. The van der Waals surface area contributed by atoms with Gasteiger partial charge in [-0.05, 0) is 26.2 Å². The van der Waals surface area contributed by atoms with Crippen molar-refractivity contribution in [3.63, 3.8) is 0 Å². The average Bonchev–Trinajstić information content (AvgIpc) is 3.01. The van der Waals surface area contributed by atoms with E-state index in [1.54, 1.807) is 17.0 Å². The summed E-state index contributed by atoms with van der Waals surface area (Å²) < 4.78 is 13.2. The average molecular weight is 326 g/mol. The molecule has 9 heteroatoms. The molecular weight excluding hydrogens is 304 g/mol. The second-order valence-corrected chi connectivity index (χ2v) is 5.29.